The van der Waals surface area contributed by atoms with E-state index in [1.54, 1.807) is 0 Å². The highest BCUT2D eigenvalue weighted by Gasteiger charge is 1.73. The highest BCUT2D eigenvalue weighted by Crippen LogP contribution is 1.89. The Kier molecular flexibility index (Phi) is 9.76. The lowest BCUT2D eigenvalue weighted by Gasteiger charge is -1.80. The van der Waals surface area contributed by atoms with Crippen LogP contribution in [0.3, 0.4) is 0 Å². The first kappa shape index (κ1) is 12.2. The van der Waals surface area contributed by atoms with Crippen LogP contribution in [-0.2, 0) is 0 Å². The Morgan fingerprint density at radius 1 is 0.857 bits per heavy atom. The monoisotopic (exact) mass is 184 g/mol. The summed E-state index contributed by atoms with van der Waals surface area (Å²) in [4.78, 5) is 0. The molecule has 0 amide bonds. The second-order valence-corrected chi connectivity index (χ2v) is 2.37. The van der Waals surface area contributed by atoms with Crippen LogP contribution in [-0.4, -0.2) is 11.7 Å². The van der Waals surface area contributed by atoms with Crippen LogP contribution in [0.15, 0.2) is 0 Å². The van der Waals surface area contributed by atoms with E-state index in [-0.39, 0.29) is 6.61 Å². The average Bonchev–Trinajstić information content (AvgIpc) is 2.21. The summed E-state index contributed by atoms with van der Waals surface area (Å²) in [6.45, 7) is 1.96. The molecule has 0 aromatic heterocycles. The van der Waals surface area contributed by atoms with E-state index in [0.29, 0.717) is 0 Å². The molecule has 0 radical (unpaired) electrons. The Morgan fingerprint density at radius 2 is 1.43 bits per heavy atom. The Labute approximate surface area is 85.9 Å². The van der Waals surface area contributed by atoms with E-state index >= 15 is 0 Å². The summed E-state index contributed by atoms with van der Waals surface area (Å²) in [7, 11) is 0. The topological polar surface area (TPSA) is 20.2 Å². The van der Waals surface area contributed by atoms with Gasteiger partial charge in [0.25, 0.3) is 0 Å². The number of unbranched alkanes of at least 4 members (excludes halogenated alkanes) is 2. The predicted octanol–water partition coefficient (Wildman–Crippen LogP) is 1.18. The van der Waals surface area contributed by atoms with Gasteiger partial charge in [0, 0.05) is 6.42 Å². The highest BCUT2D eigenvalue weighted by molar-refractivity contribution is 5.39. The van der Waals surface area contributed by atoms with Gasteiger partial charge in [0.15, 0.2) is 0 Å². The number of rotatable bonds is 2. The maximum Gasteiger partial charge on any atom is 0.105 e. The molecule has 0 saturated carbocycles. The molecule has 0 aliphatic carbocycles. The van der Waals surface area contributed by atoms with Gasteiger partial charge in [0.05, 0.1) is 0 Å². The van der Waals surface area contributed by atoms with Crippen LogP contribution in [0.25, 0.3) is 0 Å². The SMILES string of the molecule is CCCCC#CC#CC#CC#CCO. The molecule has 14 heavy (non-hydrogen) atoms. The van der Waals surface area contributed by atoms with Crippen molar-refractivity contribution in [3.63, 3.8) is 0 Å². The third-order valence-electron chi connectivity index (χ3n) is 1.22. The standard InChI is InChI=1S/C13H12O/c1-2-3-4-5-6-7-8-9-10-11-12-13-14/h14H,2-4,13H2,1H3. The molecular weight excluding hydrogens is 172 g/mol. The molecule has 0 aromatic carbocycles. The number of aliphatic hydroxyl groups is 1. The van der Waals surface area contributed by atoms with Crippen molar-refractivity contribution < 1.29 is 5.11 Å². The van der Waals surface area contributed by atoms with Crippen molar-refractivity contribution in [3.05, 3.63) is 0 Å². The number of hydrogen-bond acceptors (Lipinski definition) is 1. The van der Waals surface area contributed by atoms with Gasteiger partial charge in [0.1, 0.15) is 6.61 Å². The van der Waals surface area contributed by atoms with E-state index in [1.807, 2.05) is 0 Å². The van der Waals surface area contributed by atoms with Gasteiger partial charge in [-0.25, -0.2) is 0 Å². The van der Waals surface area contributed by atoms with E-state index in [0.717, 1.165) is 19.3 Å². The van der Waals surface area contributed by atoms with Gasteiger partial charge in [-0.05, 0) is 41.9 Å². The molecule has 1 nitrogen and oxygen atoms in total. The molecule has 0 saturated heterocycles. The summed E-state index contributed by atoms with van der Waals surface area (Å²) >= 11 is 0. The van der Waals surface area contributed by atoms with Crippen LogP contribution >= 0.6 is 0 Å². The molecule has 0 spiro atoms. The third-order valence-corrected chi connectivity index (χ3v) is 1.22. The molecule has 0 unspecified atom stereocenters. The van der Waals surface area contributed by atoms with Crippen molar-refractivity contribution in [2.24, 2.45) is 0 Å². The minimum Gasteiger partial charge on any atom is -0.384 e. The van der Waals surface area contributed by atoms with Crippen molar-refractivity contribution in [1.82, 2.24) is 0 Å². The van der Waals surface area contributed by atoms with E-state index in [9.17, 15) is 0 Å². The molecule has 0 atom stereocenters. The quantitative estimate of drug-likeness (QED) is 0.505. The molecule has 0 aliphatic rings. The summed E-state index contributed by atoms with van der Waals surface area (Å²) in [6, 6.07) is 0. The predicted molar refractivity (Wildman–Crippen MR) is 57.7 cm³/mol. The van der Waals surface area contributed by atoms with Crippen molar-refractivity contribution >= 4 is 0 Å². The van der Waals surface area contributed by atoms with Crippen LogP contribution < -0.4 is 0 Å². The third kappa shape index (κ3) is 10.2. The molecule has 1 N–H and O–H groups in total. The molecule has 0 heterocycles. The van der Waals surface area contributed by atoms with Gasteiger partial charge in [0.2, 0.25) is 0 Å². The van der Waals surface area contributed by atoms with E-state index in [2.05, 4.69) is 54.3 Å². The zero-order valence-electron chi connectivity index (χ0n) is 8.28. The van der Waals surface area contributed by atoms with Crippen LogP contribution in [0.4, 0.5) is 0 Å². The molecule has 0 aliphatic heterocycles. The fraction of sp³-hybridized carbons (Fsp3) is 0.385. The smallest absolute Gasteiger partial charge is 0.105 e. The lowest BCUT2D eigenvalue weighted by molar-refractivity contribution is 0.350. The van der Waals surface area contributed by atoms with Gasteiger partial charge >= 0.3 is 0 Å². The van der Waals surface area contributed by atoms with Crippen LogP contribution in [0.1, 0.15) is 26.2 Å². The average molecular weight is 184 g/mol. The summed E-state index contributed by atoms with van der Waals surface area (Å²) in [5.74, 6) is 20.6. The van der Waals surface area contributed by atoms with Gasteiger partial charge in [-0.2, -0.15) is 0 Å². The second-order valence-electron chi connectivity index (χ2n) is 2.37. The number of hydrogen-bond donors (Lipinski definition) is 1. The van der Waals surface area contributed by atoms with E-state index in [1.165, 1.54) is 0 Å². The zero-order chi connectivity index (χ0) is 10.5. The summed E-state index contributed by atoms with van der Waals surface area (Å²) in [6.07, 6.45) is 3.16. The van der Waals surface area contributed by atoms with Gasteiger partial charge in [-0.1, -0.05) is 25.2 Å². The van der Waals surface area contributed by atoms with Gasteiger partial charge in [-0.3, -0.25) is 0 Å². The second kappa shape index (κ2) is 11.2. The van der Waals surface area contributed by atoms with Crippen LogP contribution in [0, 0.1) is 47.4 Å². The maximum absolute atomic E-state index is 8.29. The number of aliphatic hydroxyl groups excluding tert-OH is 1. The first-order valence-electron chi connectivity index (χ1n) is 4.48. The van der Waals surface area contributed by atoms with Crippen LogP contribution in [0.5, 0.6) is 0 Å². The van der Waals surface area contributed by atoms with E-state index in [4.69, 9.17) is 5.11 Å². The van der Waals surface area contributed by atoms with Crippen LogP contribution in [0.2, 0.25) is 0 Å². The fourth-order valence-corrected chi connectivity index (χ4v) is 0.581. The Balaban J connectivity index is 3.79. The maximum atomic E-state index is 8.29. The first-order chi connectivity index (χ1) is 6.91. The largest absolute Gasteiger partial charge is 0.384 e. The lowest BCUT2D eigenvalue weighted by atomic mass is 10.2. The first-order valence-corrected chi connectivity index (χ1v) is 4.48. The Morgan fingerprint density at radius 3 is 2.00 bits per heavy atom. The molecule has 0 rings (SSSR count). The molecule has 0 bridgehead atoms. The highest BCUT2D eigenvalue weighted by atomic mass is 16.2. The van der Waals surface area contributed by atoms with Gasteiger partial charge < -0.3 is 5.11 Å². The van der Waals surface area contributed by atoms with Crippen molar-refractivity contribution in [3.8, 4) is 47.4 Å². The molecule has 1 heteroatoms. The Hall–Kier alpha value is -1.80. The summed E-state index contributed by atoms with van der Waals surface area (Å²) in [5.41, 5.74) is 0. The molecule has 0 fully saturated rings. The summed E-state index contributed by atoms with van der Waals surface area (Å²) in [5, 5.41) is 8.29. The Bertz CT molecular complexity index is 374. The molecule has 70 valence electrons. The fourth-order valence-electron chi connectivity index (χ4n) is 0.581. The molecule has 0 aromatic rings. The zero-order valence-corrected chi connectivity index (χ0v) is 8.28. The minimum absolute atomic E-state index is 0.168. The minimum atomic E-state index is -0.168. The lowest BCUT2D eigenvalue weighted by Crippen LogP contribution is -1.68. The van der Waals surface area contributed by atoms with Gasteiger partial charge in [-0.15, -0.1) is 0 Å². The van der Waals surface area contributed by atoms with E-state index < -0.39 is 0 Å². The van der Waals surface area contributed by atoms with Crippen molar-refractivity contribution in [2.45, 2.75) is 26.2 Å². The molecular formula is C13H12O. The van der Waals surface area contributed by atoms with Crippen molar-refractivity contribution in [2.75, 3.05) is 6.61 Å². The summed E-state index contributed by atoms with van der Waals surface area (Å²) < 4.78 is 0. The van der Waals surface area contributed by atoms with Crippen molar-refractivity contribution in [1.29, 1.82) is 0 Å². The normalized spacial score (nSPS) is 6.14.